The van der Waals surface area contributed by atoms with Crippen LogP contribution in [0.1, 0.15) is 11.1 Å². The Morgan fingerprint density at radius 3 is 2.82 bits per heavy atom. The molecule has 0 fully saturated rings. The van der Waals surface area contributed by atoms with Gasteiger partial charge >= 0.3 is 0 Å². The normalized spacial score (nSPS) is 9.76. The fourth-order valence-electron chi connectivity index (χ4n) is 1.26. The van der Waals surface area contributed by atoms with Crippen molar-refractivity contribution in [2.45, 2.75) is 6.54 Å². The van der Waals surface area contributed by atoms with Gasteiger partial charge in [0.1, 0.15) is 11.9 Å². The zero-order valence-corrected chi connectivity index (χ0v) is 9.83. The monoisotopic (exact) mass is 235 g/mol. The lowest BCUT2D eigenvalue weighted by atomic mass is 10.1. The van der Waals surface area contributed by atoms with E-state index in [1.54, 1.807) is 32.3 Å². The van der Waals surface area contributed by atoms with Gasteiger partial charge in [-0.2, -0.15) is 5.26 Å². The van der Waals surface area contributed by atoms with Crippen LogP contribution in [0.25, 0.3) is 0 Å². The van der Waals surface area contributed by atoms with Crippen molar-refractivity contribution < 1.29 is 9.18 Å². The number of benzene rings is 1. The Labute approximate surface area is 99.7 Å². The molecule has 0 saturated heterocycles. The summed E-state index contributed by atoms with van der Waals surface area (Å²) in [4.78, 5) is 12.7. The van der Waals surface area contributed by atoms with E-state index in [0.717, 1.165) is 0 Å². The van der Waals surface area contributed by atoms with Gasteiger partial charge in [0, 0.05) is 26.2 Å². The zero-order valence-electron chi connectivity index (χ0n) is 9.83. The third-order valence-corrected chi connectivity index (χ3v) is 2.29. The Balaban J connectivity index is 2.59. The maximum Gasteiger partial charge on any atom is 0.236 e. The maximum atomic E-state index is 13.6. The Morgan fingerprint density at radius 2 is 2.24 bits per heavy atom. The van der Waals surface area contributed by atoms with Crippen molar-refractivity contribution in [1.82, 2.24) is 10.2 Å². The van der Waals surface area contributed by atoms with Crippen molar-refractivity contribution in [3.63, 3.8) is 0 Å². The van der Waals surface area contributed by atoms with Crippen LogP contribution < -0.4 is 5.32 Å². The number of hydrogen-bond acceptors (Lipinski definition) is 3. The first-order valence-corrected chi connectivity index (χ1v) is 5.14. The summed E-state index contributed by atoms with van der Waals surface area (Å²) in [6, 6.07) is 6.40. The van der Waals surface area contributed by atoms with Crippen molar-refractivity contribution in [3.05, 3.63) is 35.1 Å². The molecule has 0 atom stereocenters. The summed E-state index contributed by atoms with van der Waals surface area (Å²) in [6.07, 6.45) is 0. The minimum atomic E-state index is -0.528. The molecule has 1 aromatic carbocycles. The maximum absolute atomic E-state index is 13.6. The van der Waals surface area contributed by atoms with Gasteiger partial charge in [-0.25, -0.2) is 4.39 Å². The van der Waals surface area contributed by atoms with E-state index in [-0.39, 0.29) is 24.6 Å². The van der Waals surface area contributed by atoms with Crippen molar-refractivity contribution in [2.75, 3.05) is 20.6 Å². The van der Waals surface area contributed by atoms with E-state index in [2.05, 4.69) is 5.32 Å². The van der Waals surface area contributed by atoms with Crippen LogP contribution in [-0.2, 0) is 11.3 Å². The summed E-state index contributed by atoms with van der Waals surface area (Å²) in [6.45, 7) is 0.365. The number of halogens is 1. The number of nitrogens with one attached hydrogen (secondary N) is 1. The minimum Gasteiger partial charge on any atom is -0.348 e. The molecule has 0 aliphatic carbocycles. The first-order chi connectivity index (χ1) is 8.06. The van der Waals surface area contributed by atoms with Crippen molar-refractivity contribution in [1.29, 1.82) is 5.26 Å². The van der Waals surface area contributed by atoms with Gasteiger partial charge in [0.05, 0.1) is 12.1 Å². The molecular formula is C12H14FN3O. The van der Waals surface area contributed by atoms with Gasteiger partial charge in [-0.1, -0.05) is 12.1 Å². The van der Waals surface area contributed by atoms with Gasteiger partial charge in [0.15, 0.2) is 0 Å². The number of nitrogens with zero attached hydrogens (tertiary/aromatic N) is 2. The molecule has 0 aliphatic rings. The number of nitriles is 1. The number of amides is 1. The molecular weight excluding hydrogens is 221 g/mol. The second-order valence-electron chi connectivity index (χ2n) is 3.78. The Bertz CT molecular complexity index is 452. The van der Waals surface area contributed by atoms with Gasteiger partial charge < -0.3 is 10.2 Å². The summed E-state index contributed by atoms with van der Waals surface area (Å²) in [5, 5.41) is 11.5. The van der Waals surface area contributed by atoms with Crippen LogP contribution >= 0.6 is 0 Å². The number of carbonyl (C=O) groups excluding carboxylic acids is 1. The molecule has 0 bridgehead atoms. The Morgan fingerprint density at radius 1 is 1.53 bits per heavy atom. The van der Waals surface area contributed by atoms with E-state index in [9.17, 15) is 9.18 Å². The molecule has 5 heteroatoms. The van der Waals surface area contributed by atoms with Crippen LogP contribution in [0.5, 0.6) is 0 Å². The molecule has 90 valence electrons. The predicted molar refractivity (Wildman–Crippen MR) is 61.5 cm³/mol. The highest BCUT2D eigenvalue weighted by molar-refractivity contribution is 5.77. The van der Waals surface area contributed by atoms with Crippen LogP contribution in [0, 0.1) is 17.1 Å². The molecule has 0 heterocycles. The molecule has 0 aliphatic heterocycles. The van der Waals surface area contributed by atoms with Gasteiger partial charge in [0.25, 0.3) is 0 Å². The number of carbonyl (C=O) groups is 1. The summed E-state index contributed by atoms with van der Waals surface area (Å²) in [7, 11) is 3.31. The second-order valence-corrected chi connectivity index (χ2v) is 3.78. The standard InChI is InChI=1S/C12H14FN3O/c1-16(2)11(17)8-15-7-10-5-3-4-9(6-14)12(10)13/h3-5,15H,7-8H2,1-2H3. The molecule has 1 amide bonds. The molecule has 0 aromatic heterocycles. The molecule has 0 saturated carbocycles. The topological polar surface area (TPSA) is 56.1 Å². The average Bonchev–Trinajstić information content (AvgIpc) is 2.31. The highest BCUT2D eigenvalue weighted by Gasteiger charge is 2.08. The summed E-state index contributed by atoms with van der Waals surface area (Å²) in [5.41, 5.74) is 0.402. The van der Waals surface area contributed by atoms with E-state index in [4.69, 9.17) is 5.26 Å². The molecule has 1 rings (SSSR count). The van der Waals surface area contributed by atoms with E-state index in [0.29, 0.717) is 5.56 Å². The SMILES string of the molecule is CN(C)C(=O)CNCc1cccc(C#N)c1F. The summed E-state index contributed by atoms with van der Waals surface area (Å²) < 4.78 is 13.6. The Hall–Kier alpha value is -1.93. The van der Waals surface area contributed by atoms with Crippen LogP contribution in [0.3, 0.4) is 0 Å². The van der Waals surface area contributed by atoms with Crippen LogP contribution in [0.2, 0.25) is 0 Å². The molecule has 4 nitrogen and oxygen atoms in total. The summed E-state index contributed by atoms with van der Waals surface area (Å²) in [5.74, 6) is -0.610. The lowest BCUT2D eigenvalue weighted by molar-refractivity contribution is -0.127. The Kier molecular flexibility index (Phi) is 4.61. The van der Waals surface area contributed by atoms with Crippen LogP contribution in [0.15, 0.2) is 18.2 Å². The van der Waals surface area contributed by atoms with Crippen molar-refractivity contribution in [2.24, 2.45) is 0 Å². The van der Waals surface area contributed by atoms with E-state index < -0.39 is 5.82 Å². The third kappa shape index (κ3) is 3.54. The minimum absolute atomic E-state index is 0.0169. The third-order valence-electron chi connectivity index (χ3n) is 2.29. The lowest BCUT2D eigenvalue weighted by Crippen LogP contribution is -2.32. The fourth-order valence-corrected chi connectivity index (χ4v) is 1.26. The average molecular weight is 235 g/mol. The number of likely N-dealkylation sites (N-methyl/N-ethyl adjacent to an activating group) is 1. The first-order valence-electron chi connectivity index (χ1n) is 5.14. The fraction of sp³-hybridized carbons (Fsp3) is 0.333. The second kappa shape index (κ2) is 5.97. The van der Waals surface area contributed by atoms with Crippen molar-refractivity contribution >= 4 is 5.91 Å². The van der Waals surface area contributed by atoms with Crippen LogP contribution in [0.4, 0.5) is 4.39 Å². The molecule has 0 radical (unpaired) electrons. The highest BCUT2D eigenvalue weighted by atomic mass is 19.1. The van der Waals surface area contributed by atoms with Gasteiger partial charge in [-0.15, -0.1) is 0 Å². The molecule has 0 unspecified atom stereocenters. The first kappa shape index (κ1) is 13.1. The molecule has 0 spiro atoms. The number of rotatable bonds is 4. The van der Waals surface area contributed by atoms with Gasteiger partial charge in [0.2, 0.25) is 5.91 Å². The zero-order chi connectivity index (χ0) is 12.8. The van der Waals surface area contributed by atoms with Crippen molar-refractivity contribution in [3.8, 4) is 6.07 Å². The van der Waals surface area contributed by atoms with E-state index in [1.165, 1.54) is 11.0 Å². The van der Waals surface area contributed by atoms with E-state index >= 15 is 0 Å². The molecule has 17 heavy (non-hydrogen) atoms. The smallest absolute Gasteiger partial charge is 0.236 e. The lowest BCUT2D eigenvalue weighted by Gasteiger charge is -2.11. The molecule has 1 N–H and O–H groups in total. The quantitative estimate of drug-likeness (QED) is 0.842. The summed E-state index contributed by atoms with van der Waals surface area (Å²) >= 11 is 0. The van der Waals surface area contributed by atoms with Gasteiger partial charge in [-0.05, 0) is 6.07 Å². The highest BCUT2D eigenvalue weighted by Crippen LogP contribution is 2.11. The van der Waals surface area contributed by atoms with E-state index in [1.807, 2.05) is 0 Å². The largest absolute Gasteiger partial charge is 0.348 e. The van der Waals surface area contributed by atoms with Crippen LogP contribution in [-0.4, -0.2) is 31.4 Å². The predicted octanol–water partition coefficient (Wildman–Crippen LogP) is 0.875. The number of hydrogen-bond donors (Lipinski definition) is 1. The van der Waals surface area contributed by atoms with Gasteiger partial charge in [-0.3, -0.25) is 4.79 Å². The molecule has 1 aromatic rings.